The Balaban J connectivity index is 1.75. The summed E-state index contributed by atoms with van der Waals surface area (Å²) >= 11 is 0. The molecular weight excluding hydrogens is 184 g/mol. The Morgan fingerprint density at radius 1 is 1.07 bits per heavy atom. The summed E-state index contributed by atoms with van der Waals surface area (Å²) in [6.45, 7) is 2.03. The van der Waals surface area contributed by atoms with Crippen LogP contribution in [0.5, 0.6) is 0 Å². The van der Waals surface area contributed by atoms with Crippen molar-refractivity contribution in [3.8, 4) is 0 Å². The Labute approximate surface area is 94.0 Å². The molecule has 0 spiro atoms. The van der Waals surface area contributed by atoms with Gasteiger partial charge in [-0.3, -0.25) is 0 Å². The maximum Gasteiger partial charge on any atom is 0.0304 e. The summed E-state index contributed by atoms with van der Waals surface area (Å²) in [5, 5.41) is 3.77. The fraction of sp³-hybridized carbons (Fsp3) is 1.00. The molecule has 0 aliphatic heterocycles. The summed E-state index contributed by atoms with van der Waals surface area (Å²) in [6.07, 6.45) is 12.5. The Morgan fingerprint density at radius 3 is 2.27 bits per heavy atom. The molecule has 2 aliphatic carbocycles. The average molecular weight is 210 g/mol. The molecule has 2 fully saturated rings. The summed E-state index contributed by atoms with van der Waals surface area (Å²) in [5.41, 5.74) is 6.27. The van der Waals surface area contributed by atoms with Gasteiger partial charge in [0.05, 0.1) is 0 Å². The number of rotatable bonds is 5. The van der Waals surface area contributed by atoms with Crippen LogP contribution in [0.15, 0.2) is 0 Å². The highest BCUT2D eigenvalue weighted by atomic mass is 15.0. The third kappa shape index (κ3) is 3.46. The van der Waals surface area contributed by atoms with Crippen LogP contribution < -0.4 is 11.1 Å². The van der Waals surface area contributed by atoms with Gasteiger partial charge in [-0.1, -0.05) is 38.5 Å². The van der Waals surface area contributed by atoms with E-state index in [1.165, 1.54) is 64.3 Å². The number of nitrogens with two attached hydrogens (primary N) is 1. The van der Waals surface area contributed by atoms with Gasteiger partial charge in [-0.2, -0.15) is 0 Å². The predicted octanol–water partition coefficient (Wildman–Crippen LogP) is 2.43. The van der Waals surface area contributed by atoms with Gasteiger partial charge in [-0.15, -0.1) is 0 Å². The van der Waals surface area contributed by atoms with Crippen LogP contribution in [0.4, 0.5) is 0 Å². The van der Waals surface area contributed by atoms with E-state index >= 15 is 0 Å². The summed E-state index contributed by atoms with van der Waals surface area (Å²) < 4.78 is 0. The van der Waals surface area contributed by atoms with E-state index in [-0.39, 0.29) is 0 Å². The molecule has 0 aromatic heterocycles. The van der Waals surface area contributed by atoms with Crippen LogP contribution in [0.25, 0.3) is 0 Å². The first-order valence-corrected chi connectivity index (χ1v) is 6.80. The molecule has 0 atom stereocenters. The first-order valence-electron chi connectivity index (χ1n) is 6.80. The number of hydrogen-bond acceptors (Lipinski definition) is 2. The van der Waals surface area contributed by atoms with Crippen molar-refractivity contribution in [2.45, 2.75) is 63.3 Å². The van der Waals surface area contributed by atoms with Gasteiger partial charge in [0.1, 0.15) is 0 Å². The second kappa shape index (κ2) is 5.31. The number of hydrogen-bond donors (Lipinski definition) is 2. The lowest BCUT2D eigenvalue weighted by Crippen LogP contribution is -2.51. The molecule has 88 valence electrons. The van der Waals surface area contributed by atoms with Gasteiger partial charge in [0.25, 0.3) is 0 Å². The van der Waals surface area contributed by atoms with Crippen LogP contribution >= 0.6 is 0 Å². The van der Waals surface area contributed by atoms with Crippen molar-refractivity contribution in [1.82, 2.24) is 5.32 Å². The quantitative estimate of drug-likeness (QED) is 0.684. The smallest absolute Gasteiger partial charge is 0.0304 e. The highest BCUT2D eigenvalue weighted by Gasteiger charge is 2.29. The Morgan fingerprint density at radius 2 is 1.73 bits per heavy atom. The van der Waals surface area contributed by atoms with E-state index in [0.29, 0.717) is 5.54 Å². The first kappa shape index (κ1) is 11.4. The molecule has 0 aromatic carbocycles. The molecule has 2 heteroatoms. The average Bonchev–Trinajstić information content (AvgIpc) is 3.05. The van der Waals surface area contributed by atoms with Crippen LogP contribution in [0.2, 0.25) is 0 Å². The van der Waals surface area contributed by atoms with Crippen molar-refractivity contribution in [3.05, 3.63) is 0 Å². The molecule has 0 radical (unpaired) electrons. The highest BCUT2D eigenvalue weighted by Crippen LogP contribution is 2.32. The van der Waals surface area contributed by atoms with Crippen molar-refractivity contribution in [3.63, 3.8) is 0 Å². The van der Waals surface area contributed by atoms with Gasteiger partial charge >= 0.3 is 0 Å². The van der Waals surface area contributed by atoms with Crippen LogP contribution in [0, 0.1) is 5.92 Å². The number of nitrogens with one attached hydrogen (secondary N) is 1. The van der Waals surface area contributed by atoms with Gasteiger partial charge in [-0.25, -0.2) is 0 Å². The normalized spacial score (nSPS) is 26.2. The van der Waals surface area contributed by atoms with E-state index in [0.717, 1.165) is 12.5 Å². The summed E-state index contributed by atoms with van der Waals surface area (Å²) in [4.78, 5) is 0. The van der Waals surface area contributed by atoms with Crippen molar-refractivity contribution in [2.75, 3.05) is 13.1 Å². The molecule has 0 saturated heterocycles. The fourth-order valence-corrected chi connectivity index (χ4v) is 2.81. The molecular formula is C13H26N2. The highest BCUT2D eigenvalue weighted by molar-refractivity contribution is 4.91. The SMILES string of the molecule is NCC1(NCCC2CC2)CCCCCC1. The lowest BCUT2D eigenvalue weighted by molar-refractivity contribution is 0.290. The predicted molar refractivity (Wildman–Crippen MR) is 64.8 cm³/mol. The van der Waals surface area contributed by atoms with E-state index in [1.54, 1.807) is 0 Å². The summed E-state index contributed by atoms with van der Waals surface area (Å²) in [6, 6.07) is 0. The maximum absolute atomic E-state index is 5.98. The Hall–Kier alpha value is -0.0800. The van der Waals surface area contributed by atoms with E-state index in [4.69, 9.17) is 5.73 Å². The lowest BCUT2D eigenvalue weighted by atomic mass is 9.90. The molecule has 3 N–H and O–H groups in total. The maximum atomic E-state index is 5.98. The van der Waals surface area contributed by atoms with E-state index in [9.17, 15) is 0 Å². The summed E-state index contributed by atoms with van der Waals surface area (Å²) in [7, 11) is 0. The van der Waals surface area contributed by atoms with Gasteiger partial charge in [-0.05, 0) is 31.7 Å². The van der Waals surface area contributed by atoms with Crippen LogP contribution in [-0.4, -0.2) is 18.6 Å². The van der Waals surface area contributed by atoms with Crippen molar-refractivity contribution in [1.29, 1.82) is 0 Å². The topological polar surface area (TPSA) is 38.0 Å². The van der Waals surface area contributed by atoms with E-state index in [2.05, 4.69) is 5.32 Å². The monoisotopic (exact) mass is 210 g/mol. The van der Waals surface area contributed by atoms with E-state index < -0.39 is 0 Å². The minimum Gasteiger partial charge on any atom is -0.329 e. The molecule has 2 rings (SSSR count). The van der Waals surface area contributed by atoms with Crippen LogP contribution in [0.1, 0.15) is 57.8 Å². The lowest BCUT2D eigenvalue weighted by Gasteiger charge is -2.33. The molecule has 0 unspecified atom stereocenters. The molecule has 0 bridgehead atoms. The van der Waals surface area contributed by atoms with Gasteiger partial charge in [0.15, 0.2) is 0 Å². The Kier molecular flexibility index (Phi) is 4.04. The molecule has 0 heterocycles. The zero-order valence-corrected chi connectivity index (χ0v) is 9.93. The third-order valence-electron chi connectivity index (χ3n) is 4.20. The zero-order chi connectivity index (χ0) is 10.6. The molecule has 0 amide bonds. The van der Waals surface area contributed by atoms with Gasteiger partial charge < -0.3 is 11.1 Å². The van der Waals surface area contributed by atoms with Crippen molar-refractivity contribution < 1.29 is 0 Å². The largest absolute Gasteiger partial charge is 0.329 e. The Bertz CT molecular complexity index is 179. The first-order chi connectivity index (χ1) is 7.35. The molecule has 2 aliphatic rings. The molecule has 2 saturated carbocycles. The molecule has 2 nitrogen and oxygen atoms in total. The van der Waals surface area contributed by atoms with Crippen LogP contribution in [-0.2, 0) is 0 Å². The fourth-order valence-electron chi connectivity index (χ4n) is 2.81. The third-order valence-corrected chi connectivity index (χ3v) is 4.20. The van der Waals surface area contributed by atoms with Gasteiger partial charge in [0.2, 0.25) is 0 Å². The zero-order valence-electron chi connectivity index (χ0n) is 9.93. The second-order valence-electron chi connectivity index (χ2n) is 5.56. The van der Waals surface area contributed by atoms with E-state index in [1.807, 2.05) is 0 Å². The standard InChI is InChI=1S/C13H26N2/c14-11-13(8-3-1-2-4-9-13)15-10-7-12-5-6-12/h12,15H,1-11,14H2. The molecule has 15 heavy (non-hydrogen) atoms. The minimum atomic E-state index is 0.297. The second-order valence-corrected chi connectivity index (χ2v) is 5.56. The van der Waals surface area contributed by atoms with Gasteiger partial charge in [0, 0.05) is 12.1 Å². The summed E-state index contributed by atoms with van der Waals surface area (Å²) in [5.74, 6) is 1.04. The minimum absolute atomic E-state index is 0.297. The van der Waals surface area contributed by atoms with Crippen molar-refractivity contribution in [2.24, 2.45) is 11.7 Å². The molecule has 0 aromatic rings. The van der Waals surface area contributed by atoms with Crippen molar-refractivity contribution >= 4 is 0 Å². The van der Waals surface area contributed by atoms with Crippen LogP contribution in [0.3, 0.4) is 0 Å².